The lowest BCUT2D eigenvalue weighted by atomic mass is 9.88. The third-order valence-electron chi connectivity index (χ3n) is 7.88. The number of halogens is 2. The molecule has 1 amide bonds. The van der Waals surface area contributed by atoms with E-state index in [4.69, 9.17) is 16.3 Å². The Morgan fingerprint density at radius 3 is 2.27 bits per heavy atom. The first kappa shape index (κ1) is 25.7. The number of carbonyl (C=O) groups excluding carboxylic acids is 2. The Labute approximate surface area is 221 Å². The predicted octanol–water partition coefficient (Wildman–Crippen LogP) is 6.78. The largest absolute Gasteiger partial charge is 0.465 e. The van der Waals surface area contributed by atoms with Crippen LogP contribution in [0.15, 0.2) is 36.4 Å². The van der Waals surface area contributed by atoms with Gasteiger partial charge in [0.15, 0.2) is 0 Å². The van der Waals surface area contributed by atoms with E-state index in [1.807, 2.05) is 0 Å². The van der Waals surface area contributed by atoms with Gasteiger partial charge in [0.2, 0.25) is 5.91 Å². The van der Waals surface area contributed by atoms with Gasteiger partial charge in [-0.15, -0.1) is 0 Å². The van der Waals surface area contributed by atoms with Crippen LogP contribution in [-0.4, -0.2) is 45.5 Å². The van der Waals surface area contributed by atoms with Crippen molar-refractivity contribution in [3.8, 4) is 11.4 Å². The molecule has 2 aromatic carbocycles. The minimum Gasteiger partial charge on any atom is -0.465 e. The molecule has 2 aliphatic carbocycles. The maximum atomic E-state index is 14.4. The van der Waals surface area contributed by atoms with Crippen molar-refractivity contribution in [3.05, 3.63) is 52.8 Å². The molecule has 5 rings (SSSR count). The number of benzene rings is 2. The first-order chi connectivity index (χ1) is 18.0. The molecule has 0 unspecified atom stereocenters. The number of ether oxygens (including phenoxy) is 1. The second kappa shape index (κ2) is 11.2. The number of imidazole rings is 1. The summed E-state index contributed by atoms with van der Waals surface area (Å²) < 4.78 is 21.2. The predicted molar refractivity (Wildman–Crippen MR) is 142 cm³/mol. The van der Waals surface area contributed by atoms with Crippen LogP contribution in [0.3, 0.4) is 0 Å². The van der Waals surface area contributed by atoms with Crippen LogP contribution in [0.2, 0.25) is 5.02 Å². The molecular weight excluding hydrogens is 493 g/mol. The number of rotatable bonds is 6. The Bertz CT molecular complexity index is 1280. The van der Waals surface area contributed by atoms with Crippen LogP contribution in [0.25, 0.3) is 22.4 Å². The number of methoxy groups -OCH3 is 1. The van der Waals surface area contributed by atoms with Crippen LogP contribution >= 0.6 is 11.6 Å². The number of hydrogen-bond donors (Lipinski definition) is 0. The lowest BCUT2D eigenvalue weighted by Gasteiger charge is -2.42. The average molecular weight is 526 g/mol. The summed E-state index contributed by atoms with van der Waals surface area (Å²) in [4.78, 5) is 33.6. The molecule has 0 atom stereocenters. The average Bonchev–Trinajstić information content (AvgIpc) is 3.26. The van der Waals surface area contributed by atoms with Crippen LogP contribution in [0, 0.1) is 5.82 Å². The van der Waals surface area contributed by atoms with E-state index in [2.05, 4.69) is 9.88 Å². The molecule has 2 saturated carbocycles. The van der Waals surface area contributed by atoms with Crippen molar-refractivity contribution >= 4 is 34.5 Å². The molecule has 196 valence electrons. The van der Waals surface area contributed by atoms with Crippen LogP contribution in [0.4, 0.5) is 4.39 Å². The molecule has 3 aromatic rings. The van der Waals surface area contributed by atoms with Gasteiger partial charge in [0, 0.05) is 23.7 Å². The lowest BCUT2D eigenvalue weighted by molar-refractivity contribution is -0.138. The highest BCUT2D eigenvalue weighted by molar-refractivity contribution is 6.31. The van der Waals surface area contributed by atoms with Crippen LogP contribution < -0.4 is 0 Å². The summed E-state index contributed by atoms with van der Waals surface area (Å²) in [5.74, 6) is -0.631. The van der Waals surface area contributed by atoms with Gasteiger partial charge in [-0.25, -0.2) is 14.2 Å². The number of aromatic nitrogens is 2. The molecule has 0 aliphatic heterocycles. The minimum absolute atomic E-state index is 0.0367. The molecule has 0 N–H and O–H groups in total. The standard InChI is InChI=1S/C29H33ClFN3O3/c1-37-29(36)22-15-9-8-14-21(22)28-32-25-17-24(31)23(30)16-26(25)33(28)18-27(35)34(19-10-4-2-5-11-19)20-12-6-3-7-13-20/h8-9,14-17,19-20H,2-7,10-13,18H2,1H3. The molecular formula is C29H33ClFN3O3. The van der Waals surface area contributed by atoms with Crippen molar-refractivity contribution in [2.75, 3.05) is 7.11 Å². The number of esters is 1. The maximum absolute atomic E-state index is 14.4. The fraction of sp³-hybridized carbons (Fsp3) is 0.483. The molecule has 2 fully saturated rings. The first-order valence-corrected chi connectivity index (χ1v) is 13.7. The highest BCUT2D eigenvalue weighted by atomic mass is 35.5. The van der Waals surface area contributed by atoms with Gasteiger partial charge >= 0.3 is 5.97 Å². The third-order valence-corrected chi connectivity index (χ3v) is 8.17. The zero-order valence-electron chi connectivity index (χ0n) is 21.2. The van der Waals surface area contributed by atoms with Crippen molar-refractivity contribution < 1.29 is 18.7 Å². The molecule has 0 spiro atoms. The van der Waals surface area contributed by atoms with Crippen LogP contribution in [0.5, 0.6) is 0 Å². The van der Waals surface area contributed by atoms with E-state index in [0.29, 0.717) is 28.0 Å². The second-order valence-corrected chi connectivity index (χ2v) is 10.6. The number of nitrogens with zero attached hydrogens (tertiary/aromatic N) is 3. The molecule has 0 bridgehead atoms. The van der Waals surface area contributed by atoms with Gasteiger partial charge in [-0.3, -0.25) is 4.79 Å². The third kappa shape index (κ3) is 5.24. The molecule has 1 aromatic heterocycles. The van der Waals surface area contributed by atoms with Gasteiger partial charge in [0.05, 0.1) is 28.7 Å². The van der Waals surface area contributed by atoms with Gasteiger partial charge in [-0.1, -0.05) is 68.3 Å². The summed E-state index contributed by atoms with van der Waals surface area (Å²) in [6, 6.07) is 10.3. The van der Waals surface area contributed by atoms with Gasteiger partial charge in [0.25, 0.3) is 0 Å². The fourth-order valence-corrected chi connectivity index (χ4v) is 6.25. The number of carbonyl (C=O) groups is 2. The van der Waals surface area contributed by atoms with E-state index >= 15 is 0 Å². The van der Waals surface area contributed by atoms with Crippen molar-refractivity contribution in [1.29, 1.82) is 0 Å². The highest BCUT2D eigenvalue weighted by Gasteiger charge is 2.33. The maximum Gasteiger partial charge on any atom is 0.338 e. The van der Waals surface area contributed by atoms with Crippen LogP contribution in [0.1, 0.15) is 74.6 Å². The Morgan fingerprint density at radius 2 is 1.65 bits per heavy atom. The summed E-state index contributed by atoms with van der Waals surface area (Å²) in [6.07, 6.45) is 11.1. The quantitative estimate of drug-likeness (QED) is 0.333. The summed E-state index contributed by atoms with van der Waals surface area (Å²) in [6.45, 7) is 0.0380. The van der Waals surface area contributed by atoms with E-state index < -0.39 is 11.8 Å². The molecule has 0 radical (unpaired) electrons. The summed E-state index contributed by atoms with van der Waals surface area (Å²) >= 11 is 6.18. The molecule has 2 aliphatic rings. The van der Waals surface area contributed by atoms with Crippen molar-refractivity contribution in [2.24, 2.45) is 0 Å². The number of fused-ring (bicyclic) bond motifs is 1. The lowest BCUT2D eigenvalue weighted by Crippen LogP contribution is -2.50. The van der Waals surface area contributed by atoms with E-state index in [1.165, 1.54) is 32.1 Å². The summed E-state index contributed by atoms with van der Waals surface area (Å²) in [7, 11) is 1.33. The molecule has 0 saturated heterocycles. The monoisotopic (exact) mass is 525 g/mol. The van der Waals surface area contributed by atoms with Crippen molar-refractivity contribution in [3.63, 3.8) is 0 Å². The second-order valence-electron chi connectivity index (χ2n) is 10.2. The van der Waals surface area contributed by atoms with Gasteiger partial charge in [-0.2, -0.15) is 0 Å². The van der Waals surface area contributed by atoms with Crippen LogP contribution in [-0.2, 0) is 16.1 Å². The van der Waals surface area contributed by atoms with Crippen molar-refractivity contribution in [1.82, 2.24) is 14.5 Å². The minimum atomic E-state index is -0.580. The van der Waals surface area contributed by atoms with Gasteiger partial charge < -0.3 is 14.2 Å². The molecule has 1 heterocycles. The molecule has 6 nitrogen and oxygen atoms in total. The van der Waals surface area contributed by atoms with E-state index in [-0.39, 0.29) is 29.6 Å². The summed E-state index contributed by atoms with van der Waals surface area (Å²) in [5.41, 5.74) is 1.79. The fourth-order valence-electron chi connectivity index (χ4n) is 6.09. The van der Waals surface area contributed by atoms with Gasteiger partial charge in [-0.05, 0) is 37.8 Å². The smallest absolute Gasteiger partial charge is 0.338 e. The molecule has 8 heteroatoms. The SMILES string of the molecule is COC(=O)c1ccccc1-c1nc2cc(F)c(Cl)cc2n1CC(=O)N(C1CCCCC1)C1CCCCC1. The van der Waals surface area contributed by atoms with Crippen molar-refractivity contribution in [2.45, 2.75) is 82.8 Å². The number of hydrogen-bond acceptors (Lipinski definition) is 4. The zero-order valence-corrected chi connectivity index (χ0v) is 22.0. The topological polar surface area (TPSA) is 64.4 Å². The Kier molecular flexibility index (Phi) is 7.79. The normalized spacial score (nSPS) is 17.2. The number of amides is 1. The van der Waals surface area contributed by atoms with Gasteiger partial charge in [0.1, 0.15) is 18.2 Å². The summed E-state index contributed by atoms with van der Waals surface area (Å²) in [5, 5.41) is -0.0367. The zero-order chi connectivity index (χ0) is 25.9. The van der Waals surface area contributed by atoms with E-state index in [1.54, 1.807) is 28.8 Å². The molecule has 37 heavy (non-hydrogen) atoms. The Balaban J connectivity index is 1.60. The Morgan fingerprint density at radius 1 is 1.03 bits per heavy atom. The van der Waals surface area contributed by atoms with E-state index in [0.717, 1.165) is 51.4 Å². The Hall–Kier alpha value is -2.93. The first-order valence-electron chi connectivity index (χ1n) is 13.3. The highest BCUT2D eigenvalue weighted by Crippen LogP contribution is 2.33. The van der Waals surface area contributed by atoms with E-state index in [9.17, 15) is 14.0 Å².